The largest absolute Gasteiger partial charge is 0.306 e. The molecule has 4 bridgehead atoms. The van der Waals surface area contributed by atoms with Gasteiger partial charge in [0, 0.05) is 46.8 Å². The molecule has 140 valence electrons. The lowest BCUT2D eigenvalue weighted by Gasteiger charge is -2.19. The quantitative estimate of drug-likeness (QED) is 0.641. The molecule has 2 aromatic heterocycles. The zero-order valence-electron chi connectivity index (χ0n) is 13.6. The van der Waals surface area contributed by atoms with Gasteiger partial charge < -0.3 is 10.6 Å². The zero-order chi connectivity index (χ0) is 14.5. The molecule has 0 aliphatic carbocycles. The summed E-state index contributed by atoms with van der Waals surface area (Å²) >= 11 is 3.62. The van der Waals surface area contributed by atoms with Crippen molar-refractivity contribution in [3.05, 3.63) is 32.2 Å². The number of nitrogens with one attached hydrogen (secondary N) is 2. The Kier molecular flexibility index (Phi) is 7.54. The molecular weight excluding hydrogens is 419 g/mol. The number of fused-ring (bicyclic) bond motifs is 8. The first-order chi connectivity index (χ1) is 10.9. The fraction of sp³-hybridized carbons (Fsp3) is 0.625. The SMILES string of the molecule is Cl.Cl.Cl.c1nc2c(s1)C1CCC(C2)N1.c1nc2c(s1)C1CCC(C2)N1. The van der Waals surface area contributed by atoms with Gasteiger partial charge >= 0.3 is 0 Å². The van der Waals surface area contributed by atoms with Crippen LogP contribution in [0.5, 0.6) is 0 Å². The average molecular weight is 442 g/mol. The van der Waals surface area contributed by atoms with Gasteiger partial charge in [-0.1, -0.05) is 0 Å². The first kappa shape index (κ1) is 21.4. The number of thiazole rings is 2. The van der Waals surface area contributed by atoms with E-state index in [1.165, 1.54) is 46.8 Å². The topological polar surface area (TPSA) is 49.8 Å². The number of rotatable bonds is 0. The second kappa shape index (κ2) is 8.83. The van der Waals surface area contributed by atoms with Crippen LogP contribution >= 0.6 is 59.9 Å². The van der Waals surface area contributed by atoms with Gasteiger partial charge in [-0.25, -0.2) is 9.97 Å². The van der Waals surface area contributed by atoms with Gasteiger partial charge in [-0.15, -0.1) is 59.9 Å². The van der Waals surface area contributed by atoms with Gasteiger partial charge in [-0.2, -0.15) is 0 Å². The maximum Gasteiger partial charge on any atom is 0.0798 e. The molecule has 0 amide bonds. The number of hydrogen-bond acceptors (Lipinski definition) is 6. The van der Waals surface area contributed by atoms with Gasteiger partial charge in [0.05, 0.1) is 22.4 Å². The Bertz CT molecular complexity index is 634. The standard InChI is InChI=1S/2C8H10N2S.3ClH/c2*1-2-6-8-7(9-4-11-8)3-5(1)10-6;;;/h2*4-6,10H,1-3H2;3*1H. The Balaban J connectivity index is 0.000000161. The molecule has 0 saturated carbocycles. The van der Waals surface area contributed by atoms with Crippen molar-refractivity contribution in [2.45, 2.75) is 62.7 Å². The van der Waals surface area contributed by atoms with Crippen molar-refractivity contribution in [1.29, 1.82) is 0 Å². The molecule has 9 heteroatoms. The van der Waals surface area contributed by atoms with E-state index in [9.17, 15) is 0 Å². The smallest absolute Gasteiger partial charge is 0.0798 e. The summed E-state index contributed by atoms with van der Waals surface area (Å²) in [4.78, 5) is 11.7. The summed E-state index contributed by atoms with van der Waals surface area (Å²) in [5, 5.41) is 7.21. The molecule has 2 aromatic rings. The molecule has 6 rings (SSSR count). The van der Waals surface area contributed by atoms with Crippen LogP contribution in [0.15, 0.2) is 11.0 Å². The van der Waals surface area contributed by atoms with E-state index in [1.54, 1.807) is 0 Å². The van der Waals surface area contributed by atoms with E-state index in [0.717, 1.165) is 24.9 Å². The summed E-state index contributed by atoms with van der Waals surface area (Å²) in [7, 11) is 0. The van der Waals surface area contributed by atoms with E-state index < -0.39 is 0 Å². The van der Waals surface area contributed by atoms with Crippen LogP contribution < -0.4 is 10.6 Å². The van der Waals surface area contributed by atoms with E-state index in [1.807, 2.05) is 33.7 Å². The van der Waals surface area contributed by atoms with E-state index >= 15 is 0 Å². The van der Waals surface area contributed by atoms with Crippen molar-refractivity contribution in [2.24, 2.45) is 0 Å². The molecule has 4 unspecified atom stereocenters. The van der Waals surface area contributed by atoms with Crippen LogP contribution in [0.4, 0.5) is 0 Å². The molecule has 4 aliphatic rings. The second-order valence-electron chi connectivity index (χ2n) is 6.72. The van der Waals surface area contributed by atoms with Gasteiger partial charge in [0.15, 0.2) is 0 Å². The van der Waals surface area contributed by atoms with Crippen LogP contribution in [0.25, 0.3) is 0 Å². The minimum absolute atomic E-state index is 0. The molecule has 2 N–H and O–H groups in total. The molecule has 4 nitrogen and oxygen atoms in total. The van der Waals surface area contributed by atoms with Crippen LogP contribution in [-0.4, -0.2) is 22.1 Å². The Hall–Kier alpha value is 0.0500. The van der Waals surface area contributed by atoms with E-state index in [-0.39, 0.29) is 37.2 Å². The second-order valence-corrected chi connectivity index (χ2v) is 8.49. The Morgan fingerprint density at radius 1 is 0.720 bits per heavy atom. The highest BCUT2D eigenvalue weighted by atomic mass is 35.5. The fourth-order valence-corrected chi connectivity index (χ4v) is 6.10. The van der Waals surface area contributed by atoms with Crippen molar-refractivity contribution < 1.29 is 0 Å². The fourth-order valence-electron chi connectivity index (χ4n) is 4.27. The predicted octanol–water partition coefficient (Wildman–Crippen LogP) is 4.25. The maximum absolute atomic E-state index is 4.38. The van der Waals surface area contributed by atoms with Crippen LogP contribution in [-0.2, 0) is 12.8 Å². The molecule has 0 spiro atoms. The first-order valence-corrected chi connectivity index (χ1v) is 9.99. The number of nitrogens with zero attached hydrogens (tertiary/aromatic N) is 2. The van der Waals surface area contributed by atoms with Gasteiger partial charge in [0.25, 0.3) is 0 Å². The van der Waals surface area contributed by atoms with Crippen molar-refractivity contribution in [3.63, 3.8) is 0 Å². The molecule has 2 saturated heterocycles. The number of aromatic nitrogens is 2. The van der Waals surface area contributed by atoms with Crippen molar-refractivity contribution in [1.82, 2.24) is 20.6 Å². The first-order valence-electron chi connectivity index (χ1n) is 8.23. The van der Waals surface area contributed by atoms with E-state index in [2.05, 4.69) is 20.6 Å². The van der Waals surface area contributed by atoms with E-state index in [0.29, 0.717) is 12.1 Å². The molecule has 6 heterocycles. The van der Waals surface area contributed by atoms with Crippen molar-refractivity contribution in [3.8, 4) is 0 Å². The summed E-state index contributed by atoms with van der Waals surface area (Å²) in [6, 6.07) is 2.76. The van der Waals surface area contributed by atoms with Crippen molar-refractivity contribution in [2.75, 3.05) is 0 Å². The highest BCUT2D eigenvalue weighted by Gasteiger charge is 2.34. The molecule has 2 fully saturated rings. The normalized spacial score (nSPS) is 29.8. The zero-order valence-corrected chi connectivity index (χ0v) is 17.7. The Morgan fingerprint density at radius 3 is 1.60 bits per heavy atom. The predicted molar refractivity (Wildman–Crippen MR) is 111 cm³/mol. The lowest BCUT2D eigenvalue weighted by Crippen LogP contribution is -2.30. The van der Waals surface area contributed by atoms with Gasteiger partial charge in [-0.05, 0) is 25.7 Å². The third-order valence-electron chi connectivity index (χ3n) is 5.34. The van der Waals surface area contributed by atoms with Gasteiger partial charge in [0.1, 0.15) is 0 Å². The molecule has 0 aromatic carbocycles. The lowest BCUT2D eigenvalue weighted by molar-refractivity contribution is 0.516. The molecular formula is C16H23Cl3N4S2. The average Bonchev–Trinajstić information content (AvgIpc) is 3.29. The van der Waals surface area contributed by atoms with Crippen LogP contribution in [0.1, 0.15) is 58.9 Å². The van der Waals surface area contributed by atoms with Crippen molar-refractivity contribution >= 4 is 59.9 Å². The monoisotopic (exact) mass is 440 g/mol. The third kappa shape index (κ3) is 4.00. The highest BCUT2D eigenvalue weighted by molar-refractivity contribution is 7.10. The van der Waals surface area contributed by atoms with Crippen LogP contribution in [0, 0.1) is 0 Å². The third-order valence-corrected chi connectivity index (χ3v) is 7.31. The Labute approximate surface area is 174 Å². The minimum Gasteiger partial charge on any atom is -0.306 e. The lowest BCUT2D eigenvalue weighted by atomic mass is 10.1. The summed E-state index contributed by atoms with van der Waals surface area (Å²) in [5.41, 5.74) is 6.68. The Morgan fingerprint density at radius 2 is 1.16 bits per heavy atom. The number of halogens is 3. The van der Waals surface area contributed by atoms with Gasteiger partial charge in [-0.3, -0.25) is 0 Å². The maximum atomic E-state index is 4.38. The van der Waals surface area contributed by atoms with Crippen LogP contribution in [0.3, 0.4) is 0 Å². The minimum atomic E-state index is 0. The van der Waals surface area contributed by atoms with Crippen LogP contribution in [0.2, 0.25) is 0 Å². The summed E-state index contributed by atoms with van der Waals surface area (Å²) in [6.07, 6.45) is 7.64. The summed E-state index contributed by atoms with van der Waals surface area (Å²) in [6.45, 7) is 0. The molecule has 4 aliphatic heterocycles. The summed E-state index contributed by atoms with van der Waals surface area (Å²) in [5.74, 6) is 0. The highest BCUT2D eigenvalue weighted by Crippen LogP contribution is 2.38. The van der Waals surface area contributed by atoms with Gasteiger partial charge in [0.2, 0.25) is 0 Å². The number of hydrogen-bond donors (Lipinski definition) is 2. The van der Waals surface area contributed by atoms with E-state index in [4.69, 9.17) is 0 Å². The molecule has 4 atom stereocenters. The molecule has 0 radical (unpaired) electrons. The molecule has 25 heavy (non-hydrogen) atoms. The summed E-state index contributed by atoms with van der Waals surface area (Å²) < 4.78 is 0.